The zero-order chi connectivity index (χ0) is 40.1. The summed E-state index contributed by atoms with van der Waals surface area (Å²) in [7, 11) is -12.0. The van der Waals surface area contributed by atoms with Crippen LogP contribution in [0.3, 0.4) is 0 Å². The van der Waals surface area contributed by atoms with Crippen LogP contribution in [-0.2, 0) is 35.6 Å². The maximum Gasteiger partial charge on any atom is 0.317 e. The van der Waals surface area contributed by atoms with Gasteiger partial charge in [0.25, 0.3) is 0 Å². The lowest BCUT2D eigenvalue weighted by molar-refractivity contribution is -0.121. The van der Waals surface area contributed by atoms with Crippen molar-refractivity contribution in [3.63, 3.8) is 0 Å². The van der Waals surface area contributed by atoms with E-state index in [1.807, 2.05) is 0 Å². The second-order valence-electron chi connectivity index (χ2n) is 15.5. The summed E-state index contributed by atoms with van der Waals surface area (Å²) in [6.45, 7) is 32.7. The highest BCUT2D eigenvalue weighted by molar-refractivity contribution is 7.99. The highest BCUT2D eigenvalue weighted by Crippen LogP contribution is 2.31. The smallest absolute Gasteiger partial charge is 0.317 e. The lowest BCUT2D eigenvalue weighted by atomic mass is 10.1. The third kappa shape index (κ3) is 27.5. The number of aliphatic hydroxyl groups excluding tert-OH is 1. The summed E-state index contributed by atoms with van der Waals surface area (Å²) in [6, 6.07) is 1.15. The number of aliphatic hydroxyl groups is 1. The van der Waals surface area contributed by atoms with Crippen LogP contribution < -0.4 is 21.3 Å². The Bertz CT molecular complexity index is 1110. The maximum absolute atomic E-state index is 12.7. The molecule has 0 fully saturated rings. The van der Waals surface area contributed by atoms with Gasteiger partial charge in [-0.3, -0.25) is 14.4 Å². The average Bonchev–Trinajstić information content (AvgIpc) is 2.97. The summed E-state index contributed by atoms with van der Waals surface area (Å²) >= 11 is 1.66. The van der Waals surface area contributed by atoms with E-state index in [4.69, 9.17) is 26.3 Å². The van der Waals surface area contributed by atoms with E-state index in [2.05, 4.69) is 99.9 Å². The Labute approximate surface area is 324 Å². The molecule has 0 bridgehead atoms. The number of amides is 3. The van der Waals surface area contributed by atoms with Gasteiger partial charge in [0.05, 0.1) is 25.9 Å². The van der Waals surface area contributed by atoms with Gasteiger partial charge in [-0.15, -0.1) is 0 Å². The number of carbonyl (C=O) groups excluding carboxylic acids is 3. The molecule has 0 rings (SSSR count). The number of hydrogen-bond donors (Lipinski definition) is 5. The molecule has 3 unspecified atom stereocenters. The first-order valence-electron chi connectivity index (χ1n) is 18.4. The summed E-state index contributed by atoms with van der Waals surface area (Å²) in [5, 5.41) is 20.9. The van der Waals surface area contributed by atoms with E-state index in [1.54, 1.807) is 11.8 Å². The van der Waals surface area contributed by atoms with Gasteiger partial charge in [0, 0.05) is 44.4 Å². The van der Waals surface area contributed by atoms with Crippen LogP contribution in [0.25, 0.3) is 0 Å². The fourth-order valence-electron chi connectivity index (χ4n) is 5.67. The molecule has 3 amide bonds. The summed E-state index contributed by atoms with van der Waals surface area (Å²) in [4.78, 5) is 36.2. The Morgan fingerprint density at radius 1 is 0.769 bits per heavy atom. The summed E-state index contributed by atoms with van der Waals surface area (Å²) in [5.74, 6) is 1.07. The first kappa shape index (κ1) is 50.9. The first-order valence-corrected chi connectivity index (χ1v) is 34.2. The molecule has 0 aromatic heterocycles. The molecule has 304 valence electrons. The molecule has 0 spiro atoms. The van der Waals surface area contributed by atoms with Crippen molar-refractivity contribution < 1.29 is 40.7 Å². The average molecular weight is 841 g/mol. The quantitative estimate of drug-likeness (QED) is 0.0367. The molecule has 13 nitrogen and oxygen atoms in total. The van der Waals surface area contributed by atoms with Gasteiger partial charge in [0.2, 0.25) is 17.7 Å². The Balaban J connectivity index is 5.22. The largest absolute Gasteiger partial charge is 0.437 e. The third-order valence-corrected chi connectivity index (χ3v) is 26.3. The van der Waals surface area contributed by atoms with E-state index < -0.39 is 42.3 Å². The highest BCUT2D eigenvalue weighted by Gasteiger charge is 2.48. The number of nitrogens with one attached hydrogen (secondary N) is 4. The summed E-state index contributed by atoms with van der Waals surface area (Å²) < 4.78 is 32.7. The molecule has 0 radical (unpaired) electrons. The SMILES string of the molecule is C=CC(=O)NCCC[Si](C)(O[Si](C)(C)O[Si](C)(C)C)O[Si](C)(CCCNC(=O)CCSCCC(NC(C)=O)C(=C)NCCOCCO)O[Si](C)(C)C. The van der Waals surface area contributed by atoms with Crippen molar-refractivity contribution in [2.45, 2.75) is 116 Å². The zero-order valence-electron chi connectivity index (χ0n) is 34.1. The van der Waals surface area contributed by atoms with Gasteiger partial charge >= 0.3 is 25.7 Å². The van der Waals surface area contributed by atoms with Crippen molar-refractivity contribution >= 4 is 71.8 Å². The zero-order valence-corrected chi connectivity index (χ0v) is 39.9. The number of hydrogen-bond acceptors (Lipinski definition) is 11. The van der Waals surface area contributed by atoms with Crippen molar-refractivity contribution in [1.82, 2.24) is 21.3 Å². The minimum atomic E-state index is -2.84. The predicted octanol–water partition coefficient (Wildman–Crippen LogP) is 4.90. The van der Waals surface area contributed by atoms with Crippen LogP contribution in [0.4, 0.5) is 0 Å². The number of thioether (sulfide) groups is 1. The second kappa shape index (κ2) is 25.1. The fourth-order valence-corrected chi connectivity index (χ4v) is 30.4. The van der Waals surface area contributed by atoms with Gasteiger partial charge in [-0.25, -0.2) is 0 Å². The molecule has 0 aromatic rings. The Morgan fingerprint density at radius 2 is 1.35 bits per heavy atom. The molecule has 0 saturated heterocycles. The Kier molecular flexibility index (Phi) is 24.6. The molecule has 0 aromatic carbocycles. The molecule has 0 aliphatic carbocycles. The van der Waals surface area contributed by atoms with Crippen molar-refractivity contribution in [3.05, 3.63) is 24.9 Å². The summed E-state index contributed by atoms with van der Waals surface area (Å²) in [6.07, 6.45) is 3.76. The van der Waals surface area contributed by atoms with E-state index in [1.165, 1.54) is 13.0 Å². The van der Waals surface area contributed by atoms with Crippen LogP contribution in [0.5, 0.6) is 0 Å². The minimum Gasteiger partial charge on any atom is -0.437 e. The molecule has 0 aliphatic heterocycles. The monoisotopic (exact) mass is 840 g/mol. The second-order valence-corrected chi connectivity index (χ2v) is 36.8. The van der Waals surface area contributed by atoms with Crippen LogP contribution in [0.15, 0.2) is 24.9 Å². The summed E-state index contributed by atoms with van der Waals surface area (Å²) in [5.41, 5.74) is 0.705. The van der Waals surface area contributed by atoms with E-state index in [-0.39, 0.29) is 37.0 Å². The lowest BCUT2D eigenvalue weighted by Crippen LogP contribution is -2.60. The van der Waals surface area contributed by atoms with Gasteiger partial charge in [-0.2, -0.15) is 11.8 Å². The normalized spacial score (nSPS) is 15.2. The molecule has 19 heteroatoms. The van der Waals surface area contributed by atoms with Gasteiger partial charge in [0.15, 0.2) is 16.6 Å². The first-order chi connectivity index (χ1) is 23.9. The van der Waals surface area contributed by atoms with Crippen LogP contribution in [-0.4, -0.2) is 122 Å². The molecule has 0 aliphatic rings. The van der Waals surface area contributed by atoms with Gasteiger partial charge in [-0.1, -0.05) is 13.2 Å². The predicted molar refractivity (Wildman–Crippen MR) is 226 cm³/mol. The lowest BCUT2D eigenvalue weighted by Gasteiger charge is -2.44. The van der Waals surface area contributed by atoms with E-state index in [9.17, 15) is 14.4 Å². The molecule has 52 heavy (non-hydrogen) atoms. The van der Waals surface area contributed by atoms with Gasteiger partial charge in [0.1, 0.15) is 0 Å². The number of ether oxygens (including phenoxy) is 1. The Morgan fingerprint density at radius 3 is 1.88 bits per heavy atom. The van der Waals surface area contributed by atoms with E-state index >= 15 is 0 Å². The van der Waals surface area contributed by atoms with Gasteiger partial charge in [-0.05, 0) is 109 Å². The minimum absolute atomic E-state index is 0.00404. The standard InChI is InChI=1S/C33H72N4O9SSi5/c1-14-32(40)35-19-15-28-52(13,45-50(10,11)43-48(4,5)6)46-51(12,44-49(7,8)9)27-16-20-36-33(41)18-26-47-25-17-31(37-30(3)39)29(2)34-21-23-42-24-22-38/h14,31,34,38H,1-2,15-28H2,3-13H3,(H,35,40)(H,36,41)(H,37,39). The molecule has 3 atom stereocenters. The van der Waals surface area contributed by atoms with Crippen molar-refractivity contribution in [2.75, 3.05) is 51.0 Å². The van der Waals surface area contributed by atoms with Crippen LogP contribution >= 0.6 is 11.8 Å². The van der Waals surface area contributed by atoms with Crippen molar-refractivity contribution in [3.8, 4) is 0 Å². The topological polar surface area (TPSA) is 166 Å². The van der Waals surface area contributed by atoms with E-state index in [0.717, 1.165) is 12.2 Å². The van der Waals surface area contributed by atoms with Gasteiger partial charge < -0.3 is 47.6 Å². The Hall–Kier alpha value is -1.12. The molecular formula is C33H72N4O9SSi5. The van der Waals surface area contributed by atoms with Crippen LogP contribution in [0.2, 0.25) is 77.6 Å². The van der Waals surface area contributed by atoms with Crippen molar-refractivity contribution in [2.24, 2.45) is 0 Å². The van der Waals surface area contributed by atoms with E-state index in [0.29, 0.717) is 69.0 Å². The van der Waals surface area contributed by atoms with Crippen LogP contribution in [0, 0.1) is 0 Å². The fraction of sp³-hybridized carbons (Fsp3) is 0.788. The number of carbonyl (C=O) groups is 3. The molecule has 0 saturated carbocycles. The number of rotatable bonds is 31. The molecule has 5 N–H and O–H groups in total. The third-order valence-electron chi connectivity index (χ3n) is 7.05. The molecule has 0 heterocycles. The van der Waals surface area contributed by atoms with Crippen molar-refractivity contribution in [1.29, 1.82) is 0 Å². The van der Waals surface area contributed by atoms with Crippen LogP contribution in [0.1, 0.15) is 32.6 Å². The maximum atomic E-state index is 12.7. The molecular weight excluding hydrogens is 769 g/mol. The highest BCUT2D eigenvalue weighted by atomic mass is 32.2.